The number of anilines is 2. The van der Waals surface area contributed by atoms with Crippen molar-refractivity contribution in [3.8, 4) is 0 Å². The van der Waals surface area contributed by atoms with Crippen molar-refractivity contribution in [1.82, 2.24) is 14.9 Å². The van der Waals surface area contributed by atoms with Crippen molar-refractivity contribution in [2.24, 2.45) is 0 Å². The van der Waals surface area contributed by atoms with Gasteiger partial charge in [0.25, 0.3) is 0 Å². The Morgan fingerprint density at radius 3 is 2.83 bits per heavy atom. The summed E-state index contributed by atoms with van der Waals surface area (Å²) in [6.07, 6.45) is 3.63. The smallest absolute Gasteiger partial charge is 0.227 e. The molecule has 0 bridgehead atoms. The van der Waals surface area contributed by atoms with Crippen LogP contribution in [0.5, 0.6) is 0 Å². The van der Waals surface area contributed by atoms with Gasteiger partial charge in [0, 0.05) is 38.9 Å². The molecule has 5 heteroatoms. The molecule has 0 saturated carbocycles. The standard InChI is InChI=1S/C13H21N5/c1-3-6-14-12-5-7-15-13(16-12)18-10-8-17(4-2)9-11-18/h3,5,7H,1,4,6,8-11H2,2H3,(H,14,15,16). The number of aromatic nitrogens is 2. The second-order valence-corrected chi connectivity index (χ2v) is 4.33. The molecule has 1 saturated heterocycles. The molecule has 1 aromatic rings. The molecule has 0 aliphatic carbocycles. The van der Waals surface area contributed by atoms with Gasteiger partial charge in [-0.05, 0) is 12.6 Å². The molecule has 1 N–H and O–H groups in total. The number of nitrogens with zero attached hydrogens (tertiary/aromatic N) is 4. The normalized spacial score (nSPS) is 16.6. The first-order valence-corrected chi connectivity index (χ1v) is 6.48. The van der Waals surface area contributed by atoms with Gasteiger partial charge in [-0.1, -0.05) is 13.0 Å². The van der Waals surface area contributed by atoms with E-state index in [4.69, 9.17) is 0 Å². The van der Waals surface area contributed by atoms with Crippen LogP contribution in [0.2, 0.25) is 0 Å². The number of nitrogens with one attached hydrogen (secondary N) is 1. The highest BCUT2D eigenvalue weighted by atomic mass is 15.3. The van der Waals surface area contributed by atoms with Crippen molar-refractivity contribution in [1.29, 1.82) is 0 Å². The third kappa shape index (κ3) is 3.20. The van der Waals surface area contributed by atoms with Gasteiger partial charge in [0.2, 0.25) is 5.95 Å². The minimum atomic E-state index is 0.722. The third-order valence-corrected chi connectivity index (χ3v) is 3.17. The fourth-order valence-electron chi connectivity index (χ4n) is 2.04. The topological polar surface area (TPSA) is 44.3 Å². The van der Waals surface area contributed by atoms with E-state index < -0.39 is 0 Å². The monoisotopic (exact) mass is 247 g/mol. The third-order valence-electron chi connectivity index (χ3n) is 3.17. The zero-order chi connectivity index (χ0) is 12.8. The summed E-state index contributed by atoms with van der Waals surface area (Å²) in [5.74, 6) is 1.68. The predicted octanol–water partition coefficient (Wildman–Crippen LogP) is 1.22. The van der Waals surface area contributed by atoms with E-state index >= 15 is 0 Å². The summed E-state index contributed by atoms with van der Waals surface area (Å²) < 4.78 is 0. The molecule has 1 aliphatic heterocycles. The van der Waals surface area contributed by atoms with Crippen LogP contribution >= 0.6 is 0 Å². The van der Waals surface area contributed by atoms with Gasteiger partial charge in [-0.2, -0.15) is 4.98 Å². The Kier molecular flexibility index (Phi) is 4.52. The van der Waals surface area contributed by atoms with E-state index in [2.05, 4.69) is 38.6 Å². The zero-order valence-electron chi connectivity index (χ0n) is 11.0. The zero-order valence-corrected chi connectivity index (χ0v) is 11.0. The summed E-state index contributed by atoms with van der Waals surface area (Å²) in [5.41, 5.74) is 0. The van der Waals surface area contributed by atoms with Crippen molar-refractivity contribution in [3.05, 3.63) is 24.9 Å². The quantitative estimate of drug-likeness (QED) is 0.793. The fourth-order valence-corrected chi connectivity index (χ4v) is 2.04. The first-order chi connectivity index (χ1) is 8.83. The maximum absolute atomic E-state index is 4.52. The van der Waals surface area contributed by atoms with Gasteiger partial charge >= 0.3 is 0 Å². The molecule has 0 unspecified atom stereocenters. The van der Waals surface area contributed by atoms with Gasteiger partial charge in [-0.15, -0.1) is 6.58 Å². The molecule has 0 aromatic carbocycles. The van der Waals surface area contributed by atoms with Gasteiger partial charge in [0.1, 0.15) is 5.82 Å². The second kappa shape index (κ2) is 6.35. The lowest BCUT2D eigenvalue weighted by Gasteiger charge is -2.34. The van der Waals surface area contributed by atoms with Crippen LogP contribution in [0, 0.1) is 0 Å². The summed E-state index contributed by atoms with van der Waals surface area (Å²) in [6.45, 7) is 11.9. The first-order valence-electron chi connectivity index (χ1n) is 6.48. The highest BCUT2D eigenvalue weighted by Gasteiger charge is 2.17. The number of piperazine rings is 1. The molecule has 1 fully saturated rings. The van der Waals surface area contributed by atoms with Gasteiger partial charge in [-0.3, -0.25) is 0 Å². The molecule has 0 radical (unpaired) electrons. The highest BCUT2D eigenvalue weighted by molar-refractivity contribution is 5.41. The van der Waals surface area contributed by atoms with Gasteiger partial charge in [0.05, 0.1) is 0 Å². The molecule has 1 aromatic heterocycles. The Balaban J connectivity index is 1.98. The molecule has 0 atom stereocenters. The van der Waals surface area contributed by atoms with E-state index in [1.165, 1.54) is 0 Å². The molecule has 2 heterocycles. The molecule has 98 valence electrons. The number of hydrogen-bond acceptors (Lipinski definition) is 5. The molecule has 2 rings (SSSR count). The van der Waals surface area contributed by atoms with Crippen molar-refractivity contribution in [2.75, 3.05) is 49.5 Å². The van der Waals surface area contributed by atoms with Crippen molar-refractivity contribution in [3.63, 3.8) is 0 Å². The second-order valence-electron chi connectivity index (χ2n) is 4.33. The Morgan fingerprint density at radius 1 is 1.39 bits per heavy atom. The maximum atomic E-state index is 4.52. The van der Waals surface area contributed by atoms with Crippen molar-refractivity contribution in [2.45, 2.75) is 6.92 Å². The van der Waals surface area contributed by atoms with Crippen LogP contribution in [-0.2, 0) is 0 Å². The van der Waals surface area contributed by atoms with E-state index in [0.717, 1.165) is 51.0 Å². The van der Waals surface area contributed by atoms with Crippen LogP contribution in [0.15, 0.2) is 24.9 Å². The lowest BCUT2D eigenvalue weighted by atomic mass is 10.3. The SMILES string of the molecule is C=CCNc1ccnc(N2CCN(CC)CC2)n1. The van der Waals surface area contributed by atoms with Gasteiger partial charge < -0.3 is 15.1 Å². The van der Waals surface area contributed by atoms with Crippen LogP contribution in [0.4, 0.5) is 11.8 Å². The maximum Gasteiger partial charge on any atom is 0.227 e. The molecular formula is C13H21N5. The summed E-state index contributed by atoms with van der Waals surface area (Å²) in [6, 6.07) is 1.88. The lowest BCUT2D eigenvalue weighted by molar-refractivity contribution is 0.270. The van der Waals surface area contributed by atoms with Crippen LogP contribution < -0.4 is 10.2 Å². The first kappa shape index (κ1) is 12.8. The van der Waals surface area contributed by atoms with E-state index in [1.54, 1.807) is 6.20 Å². The minimum absolute atomic E-state index is 0.722. The van der Waals surface area contributed by atoms with Crippen molar-refractivity contribution >= 4 is 11.8 Å². The minimum Gasteiger partial charge on any atom is -0.366 e. The van der Waals surface area contributed by atoms with E-state index in [1.807, 2.05) is 12.1 Å². The largest absolute Gasteiger partial charge is 0.366 e. The van der Waals surface area contributed by atoms with E-state index in [9.17, 15) is 0 Å². The summed E-state index contributed by atoms with van der Waals surface area (Å²) in [7, 11) is 0. The van der Waals surface area contributed by atoms with Crippen LogP contribution in [0.1, 0.15) is 6.92 Å². The molecule has 5 nitrogen and oxygen atoms in total. The van der Waals surface area contributed by atoms with Gasteiger partial charge in [-0.25, -0.2) is 4.98 Å². The predicted molar refractivity (Wildman–Crippen MR) is 75.0 cm³/mol. The Hall–Kier alpha value is -1.62. The number of hydrogen-bond donors (Lipinski definition) is 1. The fraction of sp³-hybridized carbons (Fsp3) is 0.538. The average Bonchev–Trinajstić information content (AvgIpc) is 2.45. The van der Waals surface area contributed by atoms with E-state index in [0.29, 0.717) is 0 Å². The Labute approximate surface area is 109 Å². The summed E-state index contributed by atoms with van der Waals surface area (Å²) >= 11 is 0. The number of rotatable bonds is 5. The lowest BCUT2D eigenvalue weighted by Crippen LogP contribution is -2.46. The van der Waals surface area contributed by atoms with Crippen LogP contribution in [0.3, 0.4) is 0 Å². The molecular weight excluding hydrogens is 226 g/mol. The van der Waals surface area contributed by atoms with Crippen LogP contribution in [0.25, 0.3) is 0 Å². The summed E-state index contributed by atoms with van der Waals surface area (Å²) in [5, 5.41) is 3.19. The Morgan fingerprint density at radius 2 is 2.17 bits per heavy atom. The van der Waals surface area contributed by atoms with Gasteiger partial charge in [0.15, 0.2) is 0 Å². The molecule has 18 heavy (non-hydrogen) atoms. The number of likely N-dealkylation sites (N-methyl/N-ethyl adjacent to an activating group) is 1. The average molecular weight is 247 g/mol. The summed E-state index contributed by atoms with van der Waals surface area (Å²) in [4.78, 5) is 13.6. The van der Waals surface area contributed by atoms with Crippen LogP contribution in [-0.4, -0.2) is 54.1 Å². The van der Waals surface area contributed by atoms with Crippen molar-refractivity contribution < 1.29 is 0 Å². The highest BCUT2D eigenvalue weighted by Crippen LogP contribution is 2.13. The Bertz CT molecular complexity index is 385. The molecule has 1 aliphatic rings. The molecule has 0 amide bonds. The molecule has 0 spiro atoms. The van der Waals surface area contributed by atoms with E-state index in [-0.39, 0.29) is 0 Å².